The van der Waals surface area contributed by atoms with Crippen LogP contribution in [0.4, 0.5) is 5.69 Å². The number of hydrogen-bond donors (Lipinski definition) is 3. The van der Waals surface area contributed by atoms with Crippen LogP contribution in [0.15, 0.2) is 29.4 Å². The van der Waals surface area contributed by atoms with Crippen molar-refractivity contribution in [1.82, 2.24) is 10.2 Å². The lowest BCUT2D eigenvalue weighted by molar-refractivity contribution is 0.596. The van der Waals surface area contributed by atoms with Gasteiger partial charge in [-0.2, -0.15) is 13.5 Å². The monoisotopic (exact) mass is 320 g/mol. The SMILES string of the molecule is NCc1cn[nH]c1S(=O)(=O)Nc1ccc(Cl)c(Cl)c1. The van der Waals surface area contributed by atoms with Crippen LogP contribution in [0.25, 0.3) is 0 Å². The molecule has 19 heavy (non-hydrogen) atoms. The van der Waals surface area contributed by atoms with Crippen LogP contribution in [0.2, 0.25) is 10.0 Å². The lowest BCUT2D eigenvalue weighted by Gasteiger charge is -2.08. The molecule has 0 fully saturated rings. The van der Waals surface area contributed by atoms with E-state index in [4.69, 9.17) is 28.9 Å². The number of anilines is 1. The van der Waals surface area contributed by atoms with Gasteiger partial charge in [0.15, 0.2) is 5.03 Å². The second-order valence-corrected chi connectivity index (χ2v) is 6.10. The van der Waals surface area contributed by atoms with Crippen LogP contribution < -0.4 is 10.5 Å². The van der Waals surface area contributed by atoms with Gasteiger partial charge in [-0.25, -0.2) is 0 Å². The van der Waals surface area contributed by atoms with Crippen LogP contribution in [0.5, 0.6) is 0 Å². The summed E-state index contributed by atoms with van der Waals surface area (Å²) in [5, 5.41) is 6.59. The highest BCUT2D eigenvalue weighted by Gasteiger charge is 2.20. The highest BCUT2D eigenvalue weighted by Crippen LogP contribution is 2.26. The second kappa shape index (κ2) is 5.38. The minimum atomic E-state index is -3.79. The molecule has 0 atom stereocenters. The number of nitrogens with zero attached hydrogens (tertiary/aromatic N) is 1. The lowest BCUT2D eigenvalue weighted by atomic mass is 10.3. The molecule has 0 saturated heterocycles. The molecular formula is C10H10Cl2N4O2S. The Hall–Kier alpha value is -1.28. The average Bonchev–Trinajstić information content (AvgIpc) is 2.82. The van der Waals surface area contributed by atoms with Crippen LogP contribution >= 0.6 is 23.2 Å². The zero-order valence-electron chi connectivity index (χ0n) is 9.52. The first-order valence-electron chi connectivity index (χ1n) is 5.14. The van der Waals surface area contributed by atoms with Crippen LogP contribution in [-0.2, 0) is 16.6 Å². The molecule has 0 unspecified atom stereocenters. The Bertz CT molecular complexity index is 699. The fourth-order valence-electron chi connectivity index (χ4n) is 1.44. The van der Waals surface area contributed by atoms with Gasteiger partial charge < -0.3 is 5.73 Å². The van der Waals surface area contributed by atoms with Gasteiger partial charge in [0.1, 0.15) is 0 Å². The summed E-state index contributed by atoms with van der Waals surface area (Å²) in [6.07, 6.45) is 1.36. The van der Waals surface area contributed by atoms with Gasteiger partial charge in [-0.15, -0.1) is 0 Å². The van der Waals surface area contributed by atoms with Gasteiger partial charge in [0.25, 0.3) is 10.0 Å². The van der Waals surface area contributed by atoms with Crippen molar-refractivity contribution >= 4 is 38.9 Å². The molecule has 0 radical (unpaired) electrons. The van der Waals surface area contributed by atoms with E-state index < -0.39 is 10.0 Å². The van der Waals surface area contributed by atoms with Crippen LogP contribution in [0.1, 0.15) is 5.56 Å². The molecule has 2 aromatic rings. The molecule has 102 valence electrons. The van der Waals surface area contributed by atoms with Gasteiger partial charge in [0.2, 0.25) is 0 Å². The summed E-state index contributed by atoms with van der Waals surface area (Å²) in [6.45, 7) is 0.0636. The molecule has 0 aliphatic carbocycles. The Labute approximate surface area is 120 Å². The van der Waals surface area contributed by atoms with Crippen LogP contribution in [0, 0.1) is 0 Å². The Morgan fingerprint density at radius 1 is 1.32 bits per heavy atom. The quantitative estimate of drug-likeness (QED) is 0.801. The third-order valence-corrected chi connectivity index (χ3v) is 4.47. The third kappa shape index (κ3) is 3.01. The standard InChI is InChI=1S/C10H10Cl2N4O2S/c11-8-2-1-7(3-9(8)12)16-19(17,18)10-6(4-13)5-14-15-10/h1-3,5,16H,4,13H2,(H,14,15). The molecule has 1 heterocycles. The van der Waals surface area contributed by atoms with E-state index in [1.54, 1.807) is 0 Å². The predicted molar refractivity (Wildman–Crippen MR) is 73.7 cm³/mol. The highest BCUT2D eigenvalue weighted by molar-refractivity contribution is 7.92. The molecule has 0 aliphatic heterocycles. The second-order valence-electron chi connectivity index (χ2n) is 3.66. The summed E-state index contributed by atoms with van der Waals surface area (Å²) >= 11 is 11.6. The maximum absolute atomic E-state index is 12.1. The van der Waals surface area contributed by atoms with E-state index in [0.29, 0.717) is 16.3 Å². The van der Waals surface area contributed by atoms with Gasteiger partial charge in [0.05, 0.1) is 21.9 Å². The number of H-pyrrole nitrogens is 1. The number of halogens is 2. The first kappa shape index (κ1) is 14.1. The van der Waals surface area contributed by atoms with Crippen molar-refractivity contribution in [2.45, 2.75) is 11.6 Å². The normalized spacial score (nSPS) is 11.5. The molecule has 0 aliphatic rings. The Kier molecular flexibility index (Phi) is 4.00. The fraction of sp³-hybridized carbons (Fsp3) is 0.100. The Morgan fingerprint density at radius 2 is 2.05 bits per heavy atom. The fourth-order valence-corrected chi connectivity index (χ4v) is 2.93. The average molecular weight is 321 g/mol. The maximum atomic E-state index is 12.1. The summed E-state index contributed by atoms with van der Waals surface area (Å²) in [5.41, 5.74) is 6.13. The maximum Gasteiger partial charge on any atom is 0.279 e. The summed E-state index contributed by atoms with van der Waals surface area (Å²) < 4.78 is 26.6. The van der Waals surface area contributed by atoms with Crippen molar-refractivity contribution in [2.24, 2.45) is 5.73 Å². The molecule has 1 aromatic carbocycles. The molecular weight excluding hydrogens is 311 g/mol. The first-order chi connectivity index (χ1) is 8.94. The van der Waals surface area contributed by atoms with Gasteiger partial charge in [-0.05, 0) is 18.2 Å². The number of sulfonamides is 1. The summed E-state index contributed by atoms with van der Waals surface area (Å²) in [4.78, 5) is 0. The predicted octanol–water partition coefficient (Wildman–Crippen LogP) is 1.98. The zero-order valence-corrected chi connectivity index (χ0v) is 11.9. The highest BCUT2D eigenvalue weighted by atomic mass is 35.5. The number of nitrogens with two attached hydrogens (primary N) is 1. The largest absolute Gasteiger partial charge is 0.326 e. The molecule has 4 N–H and O–H groups in total. The number of benzene rings is 1. The molecule has 0 bridgehead atoms. The Balaban J connectivity index is 2.34. The smallest absolute Gasteiger partial charge is 0.279 e. The number of aromatic nitrogens is 2. The molecule has 6 nitrogen and oxygen atoms in total. The van der Waals surface area contributed by atoms with Gasteiger partial charge >= 0.3 is 0 Å². The van der Waals surface area contributed by atoms with E-state index in [9.17, 15) is 8.42 Å². The van der Waals surface area contributed by atoms with Crippen molar-refractivity contribution < 1.29 is 8.42 Å². The topological polar surface area (TPSA) is 101 Å². The minimum absolute atomic E-state index is 0.0636. The number of nitrogens with one attached hydrogen (secondary N) is 2. The number of rotatable bonds is 4. The summed E-state index contributed by atoms with van der Waals surface area (Å²) in [6, 6.07) is 4.42. The zero-order chi connectivity index (χ0) is 14.0. The molecule has 0 amide bonds. The van der Waals surface area contributed by atoms with E-state index in [1.165, 1.54) is 24.4 Å². The van der Waals surface area contributed by atoms with E-state index in [0.717, 1.165) is 0 Å². The van der Waals surface area contributed by atoms with Crippen molar-refractivity contribution in [3.8, 4) is 0 Å². The van der Waals surface area contributed by atoms with E-state index in [-0.39, 0.29) is 16.6 Å². The van der Waals surface area contributed by atoms with E-state index in [2.05, 4.69) is 14.9 Å². The van der Waals surface area contributed by atoms with E-state index in [1.807, 2.05) is 0 Å². The molecule has 0 spiro atoms. The molecule has 9 heteroatoms. The van der Waals surface area contributed by atoms with Crippen molar-refractivity contribution in [1.29, 1.82) is 0 Å². The van der Waals surface area contributed by atoms with Gasteiger partial charge in [-0.3, -0.25) is 9.82 Å². The van der Waals surface area contributed by atoms with Crippen molar-refractivity contribution in [3.63, 3.8) is 0 Å². The van der Waals surface area contributed by atoms with Crippen LogP contribution in [-0.4, -0.2) is 18.6 Å². The third-order valence-electron chi connectivity index (χ3n) is 2.34. The molecule has 2 rings (SSSR count). The number of aromatic amines is 1. The van der Waals surface area contributed by atoms with Crippen molar-refractivity contribution in [3.05, 3.63) is 40.0 Å². The summed E-state index contributed by atoms with van der Waals surface area (Å²) in [7, 11) is -3.79. The minimum Gasteiger partial charge on any atom is -0.326 e. The van der Waals surface area contributed by atoms with Crippen molar-refractivity contribution in [2.75, 3.05) is 4.72 Å². The molecule has 0 saturated carbocycles. The summed E-state index contributed by atoms with van der Waals surface area (Å²) in [5.74, 6) is 0. The van der Waals surface area contributed by atoms with E-state index >= 15 is 0 Å². The Morgan fingerprint density at radius 3 is 2.68 bits per heavy atom. The van der Waals surface area contributed by atoms with Crippen LogP contribution in [0.3, 0.4) is 0 Å². The lowest BCUT2D eigenvalue weighted by Crippen LogP contribution is -2.16. The molecule has 1 aromatic heterocycles. The first-order valence-corrected chi connectivity index (χ1v) is 7.38. The number of hydrogen-bond acceptors (Lipinski definition) is 4. The van der Waals surface area contributed by atoms with Gasteiger partial charge in [0, 0.05) is 12.1 Å². The van der Waals surface area contributed by atoms with Gasteiger partial charge in [-0.1, -0.05) is 23.2 Å².